The van der Waals surface area contributed by atoms with Crippen LogP contribution in [0.2, 0.25) is 6.04 Å². The van der Waals surface area contributed by atoms with Gasteiger partial charge in [-0.05, 0) is 6.08 Å². The number of allylic oxidation sites excluding steroid dienone is 2. The number of ketones is 1. The van der Waals surface area contributed by atoms with Gasteiger partial charge in [0.15, 0.2) is 5.78 Å². The molecule has 0 atom stereocenters. The van der Waals surface area contributed by atoms with E-state index < -0.39 is 0 Å². The molecule has 0 unspecified atom stereocenters. The van der Waals surface area contributed by atoms with Crippen molar-refractivity contribution in [2.75, 3.05) is 0 Å². The Bertz CT molecular complexity index is 135. The quantitative estimate of drug-likeness (QED) is 0.394. The highest BCUT2D eigenvalue weighted by molar-refractivity contribution is 6.55. The van der Waals surface area contributed by atoms with Crippen LogP contribution < -0.4 is 0 Å². The standard InChI is InChI=1S/C5H6OSi/c6-5-2-1-3-7-4-5/h1-3,7H,4H2. The SMILES string of the molecule is O=C1C=CC=[SiH]C1. The maximum atomic E-state index is 10.4. The number of hydrogen-bond donors (Lipinski definition) is 0. The minimum absolute atomic E-state index is 0.289. The lowest BCUT2D eigenvalue weighted by Crippen LogP contribution is -1.98. The van der Waals surface area contributed by atoms with E-state index in [-0.39, 0.29) is 5.78 Å². The first-order valence-corrected chi connectivity index (χ1v) is 3.74. The first-order chi connectivity index (χ1) is 3.39. The lowest BCUT2D eigenvalue weighted by Gasteiger charge is -1.88. The van der Waals surface area contributed by atoms with Crippen molar-refractivity contribution in [3.8, 4) is 0 Å². The molecule has 0 N–H and O–H groups in total. The van der Waals surface area contributed by atoms with Gasteiger partial charge in [0.1, 0.15) is 0 Å². The summed E-state index contributed by atoms with van der Waals surface area (Å²) >= 11 is 0. The molecule has 0 amide bonds. The Balaban J connectivity index is 2.66. The van der Waals surface area contributed by atoms with E-state index in [2.05, 4.69) is 5.67 Å². The first-order valence-electron chi connectivity index (χ1n) is 2.25. The van der Waals surface area contributed by atoms with E-state index in [9.17, 15) is 4.79 Å². The van der Waals surface area contributed by atoms with E-state index in [4.69, 9.17) is 0 Å². The fraction of sp³-hybridized carbons (Fsp3) is 0.200. The molecule has 36 valence electrons. The predicted molar refractivity (Wildman–Crippen MR) is 32.2 cm³/mol. The van der Waals surface area contributed by atoms with Crippen molar-refractivity contribution in [1.82, 2.24) is 0 Å². The predicted octanol–water partition coefficient (Wildman–Crippen LogP) is -0.218. The third-order valence-corrected chi connectivity index (χ3v) is 1.98. The first kappa shape index (κ1) is 4.65. The van der Waals surface area contributed by atoms with Gasteiger partial charge in [-0.1, -0.05) is 11.7 Å². The summed E-state index contributed by atoms with van der Waals surface area (Å²) in [5.74, 6) is 0.289. The summed E-state index contributed by atoms with van der Waals surface area (Å²) in [5.41, 5.74) is 2.08. The minimum atomic E-state index is 0.289. The van der Waals surface area contributed by atoms with Crippen molar-refractivity contribution >= 4 is 20.6 Å². The van der Waals surface area contributed by atoms with E-state index in [0.29, 0.717) is 9.13 Å². The van der Waals surface area contributed by atoms with Crippen LogP contribution in [0.5, 0.6) is 0 Å². The lowest BCUT2D eigenvalue weighted by atomic mass is 10.4. The number of hydrogen-bond acceptors (Lipinski definition) is 1. The van der Waals surface area contributed by atoms with Gasteiger partial charge in [-0.3, -0.25) is 4.79 Å². The van der Waals surface area contributed by atoms with Crippen molar-refractivity contribution < 1.29 is 4.79 Å². The maximum absolute atomic E-state index is 10.4. The molecule has 0 bridgehead atoms. The van der Waals surface area contributed by atoms with Crippen LogP contribution in [0.4, 0.5) is 0 Å². The molecule has 1 heterocycles. The summed E-state index contributed by atoms with van der Waals surface area (Å²) in [6, 6.07) is 0.788. The lowest BCUT2D eigenvalue weighted by molar-refractivity contribution is -0.112. The molecule has 0 aliphatic carbocycles. The molecule has 0 aromatic heterocycles. The third kappa shape index (κ3) is 1.20. The van der Waals surface area contributed by atoms with Gasteiger partial charge in [-0.25, -0.2) is 0 Å². The van der Waals surface area contributed by atoms with Crippen molar-refractivity contribution in [3.63, 3.8) is 0 Å². The molecule has 1 aliphatic heterocycles. The molecule has 2 heteroatoms. The van der Waals surface area contributed by atoms with E-state index >= 15 is 0 Å². The molecule has 0 fully saturated rings. The van der Waals surface area contributed by atoms with Crippen molar-refractivity contribution in [3.05, 3.63) is 12.2 Å². The fourth-order valence-corrected chi connectivity index (χ4v) is 1.27. The van der Waals surface area contributed by atoms with Gasteiger partial charge < -0.3 is 0 Å². The molecule has 0 spiro atoms. The Morgan fingerprint density at radius 3 is 2.86 bits per heavy atom. The van der Waals surface area contributed by atoms with Crippen LogP contribution in [0.15, 0.2) is 12.2 Å². The Morgan fingerprint density at radius 1 is 1.71 bits per heavy atom. The second-order valence-electron chi connectivity index (χ2n) is 1.46. The third-order valence-electron chi connectivity index (χ3n) is 0.848. The molecule has 0 saturated carbocycles. The van der Waals surface area contributed by atoms with E-state index in [1.54, 1.807) is 6.08 Å². The van der Waals surface area contributed by atoms with Gasteiger partial charge >= 0.3 is 0 Å². The Morgan fingerprint density at radius 2 is 2.57 bits per heavy atom. The molecular weight excluding hydrogens is 104 g/mol. The minimum Gasteiger partial charge on any atom is -0.295 e. The maximum Gasteiger partial charge on any atom is 0.155 e. The van der Waals surface area contributed by atoms with E-state index in [1.807, 2.05) is 6.08 Å². The van der Waals surface area contributed by atoms with Gasteiger partial charge in [-0.2, -0.15) is 0 Å². The highest BCUT2D eigenvalue weighted by Gasteiger charge is 1.92. The van der Waals surface area contributed by atoms with Gasteiger partial charge in [0.25, 0.3) is 0 Å². The van der Waals surface area contributed by atoms with E-state index in [0.717, 1.165) is 6.04 Å². The summed E-state index contributed by atoms with van der Waals surface area (Å²) in [7, 11) is 0.310. The summed E-state index contributed by atoms with van der Waals surface area (Å²) < 4.78 is 0. The molecule has 0 radical (unpaired) electrons. The second kappa shape index (κ2) is 1.98. The van der Waals surface area contributed by atoms with Crippen LogP contribution in [0, 0.1) is 0 Å². The van der Waals surface area contributed by atoms with Crippen LogP contribution in [0.1, 0.15) is 0 Å². The van der Waals surface area contributed by atoms with Gasteiger partial charge in [0.05, 0.1) is 0 Å². The van der Waals surface area contributed by atoms with Crippen molar-refractivity contribution in [2.24, 2.45) is 0 Å². The summed E-state index contributed by atoms with van der Waals surface area (Å²) in [6.45, 7) is 0. The van der Waals surface area contributed by atoms with Gasteiger partial charge in [-0.15, -0.1) is 0 Å². The molecule has 0 aromatic carbocycles. The molecule has 1 aliphatic rings. The average molecular weight is 110 g/mol. The largest absolute Gasteiger partial charge is 0.295 e. The Hall–Kier alpha value is -0.503. The van der Waals surface area contributed by atoms with Gasteiger partial charge in [0.2, 0.25) is 0 Å². The fourth-order valence-electron chi connectivity index (χ4n) is 0.494. The number of carbonyl (C=O) groups is 1. The van der Waals surface area contributed by atoms with Crippen LogP contribution in [-0.4, -0.2) is 20.6 Å². The Labute approximate surface area is 44.5 Å². The molecule has 0 saturated heterocycles. The zero-order valence-corrected chi connectivity index (χ0v) is 5.08. The van der Waals surface area contributed by atoms with Crippen molar-refractivity contribution in [2.45, 2.75) is 6.04 Å². The summed E-state index contributed by atoms with van der Waals surface area (Å²) in [6.07, 6.45) is 3.48. The van der Waals surface area contributed by atoms with Crippen LogP contribution >= 0.6 is 0 Å². The number of rotatable bonds is 0. The van der Waals surface area contributed by atoms with Crippen LogP contribution in [0.3, 0.4) is 0 Å². The average Bonchev–Trinajstić information content (AvgIpc) is 1.69. The van der Waals surface area contributed by atoms with Crippen molar-refractivity contribution in [1.29, 1.82) is 0 Å². The molecule has 0 aromatic rings. The zero-order valence-electron chi connectivity index (χ0n) is 3.92. The molecule has 7 heavy (non-hydrogen) atoms. The highest BCUT2D eigenvalue weighted by atomic mass is 28.2. The number of carbonyl (C=O) groups excluding carboxylic acids is 1. The smallest absolute Gasteiger partial charge is 0.155 e. The van der Waals surface area contributed by atoms with E-state index in [1.165, 1.54) is 0 Å². The summed E-state index contributed by atoms with van der Waals surface area (Å²) in [5, 5.41) is 0. The molecule has 1 nitrogen and oxygen atoms in total. The topological polar surface area (TPSA) is 17.1 Å². The van der Waals surface area contributed by atoms with Crippen LogP contribution in [-0.2, 0) is 4.79 Å². The monoisotopic (exact) mass is 110 g/mol. The normalized spacial score (nSPS) is 18.0. The Kier molecular flexibility index (Phi) is 1.31. The zero-order chi connectivity index (χ0) is 5.11. The summed E-state index contributed by atoms with van der Waals surface area (Å²) in [4.78, 5) is 10.4. The molecule has 1 rings (SSSR count). The van der Waals surface area contributed by atoms with Crippen LogP contribution in [0.25, 0.3) is 0 Å². The molecular formula is C5H6OSi. The highest BCUT2D eigenvalue weighted by Crippen LogP contribution is 1.84. The van der Waals surface area contributed by atoms with Gasteiger partial charge in [0, 0.05) is 15.2 Å². The second-order valence-corrected chi connectivity index (χ2v) is 2.72.